The molecule has 2 aliphatic rings. The first-order chi connectivity index (χ1) is 9.60. The minimum absolute atomic E-state index is 0.138. The Bertz CT molecular complexity index is 399. The largest absolute Gasteiger partial charge is 0.467 e. The summed E-state index contributed by atoms with van der Waals surface area (Å²) in [7, 11) is 1.31. The first-order valence-corrected chi connectivity index (χ1v) is 6.88. The van der Waals surface area contributed by atoms with Crippen LogP contribution < -0.4 is 16.0 Å². The second kappa shape index (κ2) is 6.60. The molecule has 0 radical (unpaired) electrons. The van der Waals surface area contributed by atoms with Crippen LogP contribution in [0.5, 0.6) is 0 Å². The van der Waals surface area contributed by atoms with E-state index in [1.54, 1.807) is 6.92 Å². The van der Waals surface area contributed by atoms with Crippen molar-refractivity contribution < 1.29 is 14.3 Å². The third-order valence-electron chi connectivity index (χ3n) is 3.62. The Hall–Kier alpha value is -1.76. The molecular weight excluding hydrogens is 260 g/mol. The van der Waals surface area contributed by atoms with E-state index in [0.29, 0.717) is 6.04 Å². The molecule has 0 aliphatic carbocycles. The zero-order chi connectivity index (χ0) is 14.5. The van der Waals surface area contributed by atoms with E-state index >= 15 is 0 Å². The summed E-state index contributed by atoms with van der Waals surface area (Å²) in [5.74, 6) is -0.568. The monoisotopic (exact) mass is 282 g/mol. The van der Waals surface area contributed by atoms with Crippen molar-refractivity contribution in [3.63, 3.8) is 0 Å². The molecule has 0 saturated carbocycles. The van der Waals surface area contributed by atoms with Gasteiger partial charge in [0.2, 0.25) is 5.91 Å². The van der Waals surface area contributed by atoms with Crippen LogP contribution in [0.2, 0.25) is 0 Å². The molecular formula is C13H22N4O3. The Kier molecular flexibility index (Phi) is 4.84. The summed E-state index contributed by atoms with van der Waals surface area (Å²) in [6.07, 6.45) is 5.66. The standard InChI is InChI=1S/C13H22N4O3/c1-9(13(19)20-2)15-12(18)11-4-3-10(16-11)7-17-6-5-14-8-17/h5-6,9-11,14,16H,3-4,7-8H2,1-2H3,(H,15,18)/t9-,10?,11?/m0/s1. The Morgan fingerprint density at radius 1 is 1.50 bits per heavy atom. The molecule has 112 valence electrons. The number of amides is 1. The van der Waals surface area contributed by atoms with E-state index in [0.717, 1.165) is 26.1 Å². The fourth-order valence-corrected chi connectivity index (χ4v) is 2.51. The highest BCUT2D eigenvalue weighted by molar-refractivity contribution is 5.87. The molecule has 1 fully saturated rings. The van der Waals surface area contributed by atoms with Crippen LogP contribution in [0.4, 0.5) is 0 Å². The molecule has 3 N–H and O–H groups in total. The molecule has 2 aliphatic heterocycles. The number of rotatable bonds is 5. The van der Waals surface area contributed by atoms with Crippen LogP contribution in [0.3, 0.4) is 0 Å². The van der Waals surface area contributed by atoms with Crippen LogP contribution in [-0.2, 0) is 14.3 Å². The molecule has 2 heterocycles. The zero-order valence-electron chi connectivity index (χ0n) is 11.9. The quantitative estimate of drug-likeness (QED) is 0.568. The molecule has 0 spiro atoms. The fourth-order valence-electron chi connectivity index (χ4n) is 2.51. The van der Waals surface area contributed by atoms with Gasteiger partial charge in [0.1, 0.15) is 6.04 Å². The average molecular weight is 282 g/mol. The highest BCUT2D eigenvalue weighted by Crippen LogP contribution is 2.14. The Labute approximate surface area is 118 Å². The van der Waals surface area contributed by atoms with Gasteiger partial charge < -0.3 is 25.6 Å². The van der Waals surface area contributed by atoms with Gasteiger partial charge in [0.25, 0.3) is 0 Å². The van der Waals surface area contributed by atoms with Gasteiger partial charge in [0, 0.05) is 25.0 Å². The molecule has 2 rings (SSSR count). The van der Waals surface area contributed by atoms with Crippen LogP contribution >= 0.6 is 0 Å². The number of ether oxygens (including phenoxy) is 1. The normalized spacial score (nSPS) is 26.2. The summed E-state index contributed by atoms with van der Waals surface area (Å²) in [5.41, 5.74) is 0. The molecule has 0 aromatic carbocycles. The number of esters is 1. The summed E-state index contributed by atoms with van der Waals surface area (Å²) >= 11 is 0. The number of hydrogen-bond acceptors (Lipinski definition) is 6. The second-order valence-corrected chi connectivity index (χ2v) is 5.20. The van der Waals surface area contributed by atoms with Crippen molar-refractivity contribution in [1.29, 1.82) is 0 Å². The fraction of sp³-hybridized carbons (Fsp3) is 0.692. The van der Waals surface area contributed by atoms with Crippen molar-refractivity contribution in [3.05, 3.63) is 12.4 Å². The number of nitrogens with one attached hydrogen (secondary N) is 3. The Balaban J connectivity index is 1.75. The first kappa shape index (κ1) is 14.6. The summed E-state index contributed by atoms with van der Waals surface area (Å²) in [4.78, 5) is 25.5. The van der Waals surface area contributed by atoms with Gasteiger partial charge in [0.05, 0.1) is 19.8 Å². The smallest absolute Gasteiger partial charge is 0.328 e. The third-order valence-corrected chi connectivity index (χ3v) is 3.62. The van der Waals surface area contributed by atoms with Gasteiger partial charge in [0.15, 0.2) is 0 Å². The number of hydrogen-bond donors (Lipinski definition) is 3. The number of carbonyl (C=O) groups excluding carboxylic acids is 2. The molecule has 0 aromatic heterocycles. The number of nitrogens with zero attached hydrogens (tertiary/aromatic N) is 1. The Morgan fingerprint density at radius 2 is 2.30 bits per heavy atom. The Morgan fingerprint density at radius 3 is 2.95 bits per heavy atom. The lowest BCUT2D eigenvalue weighted by Gasteiger charge is -2.21. The SMILES string of the molecule is COC(=O)[C@H](C)NC(=O)C1CCC(CN2C=CNC2)N1. The molecule has 0 aromatic rings. The van der Waals surface area contributed by atoms with E-state index in [9.17, 15) is 9.59 Å². The van der Waals surface area contributed by atoms with Gasteiger partial charge in [-0.1, -0.05) is 0 Å². The zero-order valence-corrected chi connectivity index (χ0v) is 11.9. The van der Waals surface area contributed by atoms with E-state index in [-0.39, 0.29) is 11.9 Å². The van der Waals surface area contributed by atoms with Crippen molar-refractivity contribution in [2.75, 3.05) is 20.3 Å². The van der Waals surface area contributed by atoms with E-state index < -0.39 is 12.0 Å². The molecule has 20 heavy (non-hydrogen) atoms. The molecule has 7 nitrogen and oxygen atoms in total. The first-order valence-electron chi connectivity index (χ1n) is 6.88. The van der Waals surface area contributed by atoms with Crippen molar-refractivity contribution in [1.82, 2.24) is 20.9 Å². The molecule has 2 unspecified atom stereocenters. The molecule has 7 heteroatoms. The van der Waals surface area contributed by atoms with E-state index in [1.807, 2.05) is 12.4 Å². The van der Waals surface area contributed by atoms with E-state index in [1.165, 1.54) is 7.11 Å². The minimum atomic E-state index is -0.612. The number of carbonyl (C=O) groups is 2. The highest BCUT2D eigenvalue weighted by atomic mass is 16.5. The number of methoxy groups -OCH3 is 1. The summed E-state index contributed by atoms with van der Waals surface area (Å²) in [5, 5.41) is 9.10. The second-order valence-electron chi connectivity index (χ2n) is 5.20. The van der Waals surface area contributed by atoms with E-state index in [2.05, 4.69) is 25.6 Å². The lowest BCUT2D eigenvalue weighted by molar-refractivity contribution is -0.144. The maximum absolute atomic E-state index is 12.0. The third kappa shape index (κ3) is 3.63. The summed E-state index contributed by atoms with van der Waals surface area (Å²) < 4.78 is 4.59. The van der Waals surface area contributed by atoms with Crippen molar-refractivity contribution in [3.8, 4) is 0 Å². The molecule has 1 saturated heterocycles. The van der Waals surface area contributed by atoms with Gasteiger partial charge in [-0.15, -0.1) is 0 Å². The van der Waals surface area contributed by atoms with Crippen LogP contribution in [0.1, 0.15) is 19.8 Å². The maximum Gasteiger partial charge on any atom is 0.328 e. The lowest BCUT2D eigenvalue weighted by atomic mass is 10.1. The van der Waals surface area contributed by atoms with Crippen LogP contribution in [0.25, 0.3) is 0 Å². The minimum Gasteiger partial charge on any atom is -0.467 e. The average Bonchev–Trinajstić information content (AvgIpc) is 3.09. The summed E-state index contributed by atoms with van der Waals surface area (Å²) in [6, 6.07) is -0.547. The van der Waals surface area contributed by atoms with Crippen LogP contribution in [0.15, 0.2) is 12.4 Å². The van der Waals surface area contributed by atoms with Gasteiger partial charge in [-0.25, -0.2) is 4.79 Å². The van der Waals surface area contributed by atoms with Crippen molar-refractivity contribution in [2.24, 2.45) is 0 Å². The van der Waals surface area contributed by atoms with Gasteiger partial charge >= 0.3 is 5.97 Å². The van der Waals surface area contributed by atoms with Gasteiger partial charge in [-0.05, 0) is 19.8 Å². The predicted octanol–water partition coefficient (Wildman–Crippen LogP) is -0.881. The van der Waals surface area contributed by atoms with Crippen LogP contribution in [-0.4, -0.2) is 55.2 Å². The van der Waals surface area contributed by atoms with Crippen molar-refractivity contribution in [2.45, 2.75) is 37.9 Å². The van der Waals surface area contributed by atoms with Crippen molar-refractivity contribution >= 4 is 11.9 Å². The summed E-state index contributed by atoms with van der Waals surface area (Å²) in [6.45, 7) is 3.31. The maximum atomic E-state index is 12.0. The van der Waals surface area contributed by atoms with Gasteiger partial charge in [-0.3, -0.25) is 4.79 Å². The topological polar surface area (TPSA) is 82.7 Å². The molecule has 1 amide bonds. The van der Waals surface area contributed by atoms with E-state index in [4.69, 9.17) is 0 Å². The van der Waals surface area contributed by atoms with Crippen LogP contribution in [0, 0.1) is 0 Å². The predicted molar refractivity (Wildman–Crippen MR) is 73.4 cm³/mol. The lowest BCUT2D eigenvalue weighted by Crippen LogP contribution is -2.49. The highest BCUT2D eigenvalue weighted by Gasteiger charge is 2.31. The molecule has 3 atom stereocenters. The molecule has 0 bridgehead atoms. The van der Waals surface area contributed by atoms with Gasteiger partial charge in [-0.2, -0.15) is 0 Å².